The Morgan fingerprint density at radius 3 is 2.65 bits per heavy atom. The summed E-state index contributed by atoms with van der Waals surface area (Å²) in [5.74, 6) is -0.316. The number of aromatic nitrogens is 2. The minimum absolute atomic E-state index is 0. The molecule has 7 nitrogen and oxygen atoms in total. The van der Waals surface area contributed by atoms with E-state index in [1.807, 2.05) is 12.1 Å². The van der Waals surface area contributed by atoms with Gasteiger partial charge >= 0.3 is 0 Å². The van der Waals surface area contributed by atoms with Crippen molar-refractivity contribution in [2.45, 2.75) is 64.2 Å². The van der Waals surface area contributed by atoms with E-state index in [1.54, 1.807) is 12.1 Å². The monoisotopic (exact) mass is 521 g/mol. The summed E-state index contributed by atoms with van der Waals surface area (Å²) in [6, 6.07) is 7.56. The van der Waals surface area contributed by atoms with Crippen LogP contribution in [0.15, 0.2) is 24.3 Å². The Kier molecular flexibility index (Phi) is 7.52. The first-order valence-corrected chi connectivity index (χ1v) is 12.7. The molecule has 1 fully saturated rings. The third-order valence-corrected chi connectivity index (χ3v) is 7.98. The van der Waals surface area contributed by atoms with Gasteiger partial charge in [-0.15, -0.1) is 23.7 Å². The fourth-order valence-corrected chi connectivity index (χ4v) is 5.98. The summed E-state index contributed by atoms with van der Waals surface area (Å²) in [5, 5.41) is 8.29. The first kappa shape index (κ1) is 25.0. The van der Waals surface area contributed by atoms with Crippen molar-refractivity contribution in [1.82, 2.24) is 25.5 Å². The van der Waals surface area contributed by atoms with Crippen LogP contribution < -0.4 is 10.6 Å². The maximum Gasteiger partial charge on any atom is 0.280 e. The summed E-state index contributed by atoms with van der Waals surface area (Å²) in [6.07, 6.45) is 3.51. The van der Waals surface area contributed by atoms with Crippen LogP contribution >= 0.6 is 35.3 Å². The number of hydrogen-bond acceptors (Lipinski definition) is 5. The van der Waals surface area contributed by atoms with Crippen molar-refractivity contribution < 1.29 is 9.59 Å². The van der Waals surface area contributed by atoms with Crippen LogP contribution in [-0.4, -0.2) is 51.4 Å². The van der Waals surface area contributed by atoms with Crippen molar-refractivity contribution in [2.75, 3.05) is 6.54 Å². The van der Waals surface area contributed by atoms with Crippen molar-refractivity contribution in [3.8, 4) is 0 Å². The molecule has 2 aliphatic rings. The Morgan fingerprint density at radius 1 is 1.18 bits per heavy atom. The van der Waals surface area contributed by atoms with Gasteiger partial charge in [-0.2, -0.15) is 0 Å². The predicted molar refractivity (Wildman–Crippen MR) is 138 cm³/mol. The summed E-state index contributed by atoms with van der Waals surface area (Å²) in [5.41, 5.74) is 2.41. The fourth-order valence-electron chi connectivity index (χ4n) is 4.76. The second kappa shape index (κ2) is 10.2. The van der Waals surface area contributed by atoms with Gasteiger partial charge in [-0.3, -0.25) is 14.5 Å². The Hall–Kier alpha value is -2.13. The SMILES string of the molecule is CC(C)N1CCc2nc(C(=O)N[C@@H]3CCC[C@H]3NC(=O)c3cc4cc(Cl)ccc4[nH]3)sc2C1.Cl. The highest BCUT2D eigenvalue weighted by Crippen LogP contribution is 2.27. The normalized spacial score (nSPS) is 20.2. The zero-order valence-corrected chi connectivity index (χ0v) is 21.6. The van der Waals surface area contributed by atoms with Crippen molar-refractivity contribution in [3.05, 3.63) is 50.6 Å². The van der Waals surface area contributed by atoms with E-state index in [0.717, 1.165) is 55.4 Å². The highest BCUT2D eigenvalue weighted by atomic mass is 35.5. The molecule has 3 heterocycles. The number of aromatic amines is 1. The molecule has 1 aromatic carbocycles. The Balaban J connectivity index is 0.00000274. The average Bonchev–Trinajstić information content (AvgIpc) is 3.50. The van der Waals surface area contributed by atoms with Crippen LogP contribution in [0.3, 0.4) is 0 Å². The van der Waals surface area contributed by atoms with E-state index in [0.29, 0.717) is 21.8 Å². The molecule has 1 aliphatic heterocycles. The van der Waals surface area contributed by atoms with Gasteiger partial charge < -0.3 is 15.6 Å². The van der Waals surface area contributed by atoms with Crippen LogP contribution in [0.4, 0.5) is 0 Å². The number of amides is 2. The van der Waals surface area contributed by atoms with Crippen molar-refractivity contribution in [3.63, 3.8) is 0 Å². The van der Waals surface area contributed by atoms with E-state index >= 15 is 0 Å². The first-order chi connectivity index (χ1) is 15.9. The number of nitrogens with zero attached hydrogens (tertiary/aromatic N) is 2. The van der Waals surface area contributed by atoms with Gasteiger partial charge in [-0.1, -0.05) is 11.6 Å². The van der Waals surface area contributed by atoms with Crippen LogP contribution in [0.5, 0.6) is 0 Å². The molecule has 1 aliphatic carbocycles. The standard InChI is InChI=1S/C24H28ClN5O2S.ClH/c1-13(2)30-9-8-19-21(12-30)33-24(29-19)23(32)28-18-5-3-4-17(18)27-22(31)20-11-14-10-15(25)6-7-16(14)26-20;/h6-7,10-11,13,17-18,26H,3-5,8-9,12H2,1-2H3,(H,27,31)(H,28,32);1H/t17-,18-;/m1./s1. The predicted octanol–water partition coefficient (Wildman–Crippen LogP) is 4.55. The molecule has 182 valence electrons. The van der Waals surface area contributed by atoms with Crippen LogP contribution in [-0.2, 0) is 13.0 Å². The Labute approximate surface area is 214 Å². The molecular formula is C24H29Cl2N5O2S. The van der Waals surface area contributed by atoms with Crippen LogP contribution in [0.1, 0.15) is 64.0 Å². The van der Waals surface area contributed by atoms with Gasteiger partial charge in [-0.05, 0) is 57.4 Å². The Bertz CT molecular complexity index is 1210. The number of carbonyl (C=O) groups excluding carboxylic acids is 2. The molecule has 0 spiro atoms. The molecule has 1 saturated carbocycles. The topological polar surface area (TPSA) is 90.1 Å². The minimum Gasteiger partial charge on any atom is -0.351 e. The second-order valence-corrected chi connectivity index (χ2v) is 10.7. The zero-order valence-electron chi connectivity index (χ0n) is 19.2. The average molecular weight is 523 g/mol. The maximum atomic E-state index is 13.0. The molecule has 0 radical (unpaired) electrons. The molecule has 2 amide bonds. The molecule has 0 unspecified atom stereocenters. The second-order valence-electron chi connectivity index (χ2n) is 9.21. The summed E-state index contributed by atoms with van der Waals surface area (Å²) in [6.45, 7) is 6.22. The number of rotatable bonds is 5. The Morgan fingerprint density at radius 2 is 1.91 bits per heavy atom. The molecule has 10 heteroatoms. The summed E-state index contributed by atoms with van der Waals surface area (Å²) in [4.78, 5) is 37.2. The van der Waals surface area contributed by atoms with Gasteiger partial charge in [0, 0.05) is 58.4 Å². The van der Waals surface area contributed by atoms with Crippen LogP contribution in [0.2, 0.25) is 5.02 Å². The number of halogens is 2. The number of hydrogen-bond donors (Lipinski definition) is 3. The summed E-state index contributed by atoms with van der Waals surface area (Å²) in [7, 11) is 0. The fraction of sp³-hybridized carbons (Fsp3) is 0.458. The van der Waals surface area contributed by atoms with Gasteiger partial charge in [-0.25, -0.2) is 4.98 Å². The number of fused-ring (bicyclic) bond motifs is 2. The highest BCUT2D eigenvalue weighted by Gasteiger charge is 2.32. The van der Waals surface area contributed by atoms with Crippen molar-refractivity contribution >= 4 is 58.1 Å². The van der Waals surface area contributed by atoms with E-state index in [-0.39, 0.29) is 36.3 Å². The third-order valence-electron chi connectivity index (χ3n) is 6.66. The molecule has 0 bridgehead atoms. The molecule has 34 heavy (non-hydrogen) atoms. The van der Waals surface area contributed by atoms with Crippen LogP contribution in [0, 0.1) is 0 Å². The number of benzene rings is 1. The van der Waals surface area contributed by atoms with E-state index in [9.17, 15) is 9.59 Å². The largest absolute Gasteiger partial charge is 0.351 e. The molecule has 2 aromatic heterocycles. The van der Waals surface area contributed by atoms with Gasteiger partial charge in [0.05, 0.1) is 5.69 Å². The highest BCUT2D eigenvalue weighted by molar-refractivity contribution is 7.13. The molecule has 2 atom stereocenters. The lowest BCUT2D eigenvalue weighted by Gasteiger charge is -2.29. The molecule has 3 N–H and O–H groups in total. The quantitative estimate of drug-likeness (QED) is 0.459. The van der Waals surface area contributed by atoms with Crippen LogP contribution in [0.25, 0.3) is 10.9 Å². The zero-order chi connectivity index (χ0) is 23.1. The van der Waals surface area contributed by atoms with Gasteiger partial charge in [0.25, 0.3) is 11.8 Å². The van der Waals surface area contributed by atoms with E-state index < -0.39 is 0 Å². The lowest BCUT2D eigenvalue weighted by atomic mass is 10.1. The van der Waals surface area contributed by atoms with E-state index in [2.05, 4.69) is 39.3 Å². The number of nitrogens with one attached hydrogen (secondary N) is 3. The first-order valence-electron chi connectivity index (χ1n) is 11.5. The molecule has 0 saturated heterocycles. The van der Waals surface area contributed by atoms with Crippen molar-refractivity contribution in [2.24, 2.45) is 0 Å². The lowest BCUT2D eigenvalue weighted by molar-refractivity contribution is 0.0889. The molecule has 5 rings (SSSR count). The van der Waals surface area contributed by atoms with Gasteiger partial charge in [0.1, 0.15) is 5.69 Å². The van der Waals surface area contributed by atoms with Gasteiger partial charge in [0.2, 0.25) is 0 Å². The molecule has 3 aromatic rings. The summed E-state index contributed by atoms with van der Waals surface area (Å²) < 4.78 is 0. The van der Waals surface area contributed by atoms with Gasteiger partial charge in [0.15, 0.2) is 5.01 Å². The van der Waals surface area contributed by atoms with Crippen molar-refractivity contribution in [1.29, 1.82) is 0 Å². The van der Waals surface area contributed by atoms with E-state index in [4.69, 9.17) is 11.6 Å². The third kappa shape index (κ3) is 5.10. The summed E-state index contributed by atoms with van der Waals surface area (Å²) >= 11 is 7.55. The lowest BCUT2D eigenvalue weighted by Crippen LogP contribution is -2.48. The smallest absolute Gasteiger partial charge is 0.280 e. The number of carbonyl (C=O) groups is 2. The maximum absolute atomic E-state index is 13.0. The minimum atomic E-state index is -0.174. The number of H-pyrrole nitrogens is 1. The molecular weight excluding hydrogens is 493 g/mol. The van der Waals surface area contributed by atoms with E-state index in [1.165, 1.54) is 16.2 Å². The number of thiazole rings is 1.